The van der Waals surface area contributed by atoms with E-state index in [4.69, 9.17) is 0 Å². The molecule has 1 aromatic carbocycles. The van der Waals surface area contributed by atoms with Crippen LogP contribution < -0.4 is 5.32 Å². The molecule has 0 aliphatic rings. The molecule has 2 rings (SSSR count). The fourth-order valence-electron chi connectivity index (χ4n) is 2.11. The van der Waals surface area contributed by atoms with E-state index < -0.39 is 0 Å². The van der Waals surface area contributed by atoms with Crippen molar-refractivity contribution in [1.82, 2.24) is 10.3 Å². The van der Waals surface area contributed by atoms with Crippen molar-refractivity contribution in [2.75, 3.05) is 0 Å². The van der Waals surface area contributed by atoms with Crippen molar-refractivity contribution in [3.05, 3.63) is 63.0 Å². The molecular weight excluding hydrogens is 270 g/mol. The lowest BCUT2D eigenvalue weighted by Crippen LogP contribution is -2.15. The van der Waals surface area contributed by atoms with E-state index in [1.165, 1.54) is 6.07 Å². The van der Waals surface area contributed by atoms with Crippen LogP contribution in [-0.4, -0.2) is 15.0 Å². The minimum atomic E-state index is -0.382. The van der Waals surface area contributed by atoms with Gasteiger partial charge in [-0.3, -0.25) is 15.1 Å². The van der Waals surface area contributed by atoms with Gasteiger partial charge in [-0.15, -0.1) is 0 Å². The van der Waals surface area contributed by atoms with Gasteiger partial charge in [0.05, 0.1) is 10.6 Å². The van der Waals surface area contributed by atoms with Crippen molar-refractivity contribution in [1.29, 1.82) is 0 Å². The lowest BCUT2D eigenvalue weighted by atomic mass is 10.1. The maximum atomic E-state index is 10.9. The first-order chi connectivity index (χ1) is 9.99. The van der Waals surface area contributed by atoms with E-state index in [0.29, 0.717) is 24.3 Å². The topological polar surface area (TPSA) is 88.3 Å². The zero-order valence-corrected chi connectivity index (χ0v) is 12.0. The normalized spacial score (nSPS) is 10.6. The molecule has 0 amide bonds. The summed E-state index contributed by atoms with van der Waals surface area (Å²) in [6.45, 7) is 4.46. The fourth-order valence-corrected chi connectivity index (χ4v) is 2.11. The number of hydrogen-bond donors (Lipinski definition) is 2. The Morgan fingerprint density at radius 2 is 2.00 bits per heavy atom. The highest BCUT2D eigenvalue weighted by Gasteiger charge is 2.12. The van der Waals surface area contributed by atoms with Crippen LogP contribution in [0.25, 0.3) is 0 Å². The summed E-state index contributed by atoms with van der Waals surface area (Å²) >= 11 is 0. The largest absolute Gasteiger partial charge is 0.506 e. The third-order valence-corrected chi connectivity index (χ3v) is 3.31. The van der Waals surface area contributed by atoms with Crippen LogP contribution >= 0.6 is 0 Å². The SMILES string of the molecule is Cc1ccc(O)c(CNCc2cccc([N+](=O)[O-])c2C)n1. The molecule has 0 fully saturated rings. The molecule has 0 aliphatic carbocycles. The highest BCUT2D eigenvalue weighted by atomic mass is 16.6. The summed E-state index contributed by atoms with van der Waals surface area (Å²) in [6, 6.07) is 8.36. The second-order valence-electron chi connectivity index (χ2n) is 4.84. The zero-order valence-electron chi connectivity index (χ0n) is 12.0. The number of hydrogen-bond acceptors (Lipinski definition) is 5. The third kappa shape index (κ3) is 3.55. The van der Waals surface area contributed by atoms with Gasteiger partial charge in [-0.1, -0.05) is 12.1 Å². The molecule has 6 heteroatoms. The van der Waals surface area contributed by atoms with Gasteiger partial charge in [0, 0.05) is 30.4 Å². The van der Waals surface area contributed by atoms with Crippen LogP contribution in [0.4, 0.5) is 5.69 Å². The van der Waals surface area contributed by atoms with E-state index in [2.05, 4.69) is 10.3 Å². The lowest BCUT2D eigenvalue weighted by Gasteiger charge is -2.09. The maximum absolute atomic E-state index is 10.9. The number of nitro benzene ring substituents is 1. The summed E-state index contributed by atoms with van der Waals surface area (Å²) < 4.78 is 0. The van der Waals surface area contributed by atoms with Gasteiger partial charge in [0.2, 0.25) is 0 Å². The molecule has 110 valence electrons. The molecule has 0 unspecified atom stereocenters. The van der Waals surface area contributed by atoms with Crippen LogP contribution in [0.15, 0.2) is 30.3 Å². The Kier molecular flexibility index (Phi) is 4.49. The number of aromatic nitrogens is 1. The number of aromatic hydroxyl groups is 1. The molecule has 0 saturated carbocycles. The standard InChI is InChI=1S/C15H17N3O3/c1-10-6-7-15(19)13(17-10)9-16-8-12-4-3-5-14(11(12)2)18(20)21/h3-7,16,19H,8-9H2,1-2H3. The second kappa shape index (κ2) is 6.32. The number of nitrogens with zero attached hydrogens (tertiary/aromatic N) is 2. The molecule has 0 radical (unpaired) electrons. The molecule has 21 heavy (non-hydrogen) atoms. The minimum absolute atomic E-state index is 0.117. The highest BCUT2D eigenvalue weighted by molar-refractivity contribution is 5.44. The lowest BCUT2D eigenvalue weighted by molar-refractivity contribution is -0.385. The van der Waals surface area contributed by atoms with E-state index in [9.17, 15) is 15.2 Å². The van der Waals surface area contributed by atoms with Crippen molar-refractivity contribution < 1.29 is 10.0 Å². The Morgan fingerprint density at radius 3 is 2.71 bits per heavy atom. The predicted octanol–water partition coefficient (Wildman–Crippen LogP) is 2.60. The average Bonchev–Trinajstić information content (AvgIpc) is 2.44. The van der Waals surface area contributed by atoms with E-state index in [-0.39, 0.29) is 16.4 Å². The molecule has 1 heterocycles. The minimum Gasteiger partial charge on any atom is -0.506 e. The van der Waals surface area contributed by atoms with Gasteiger partial charge in [0.1, 0.15) is 5.75 Å². The van der Waals surface area contributed by atoms with Crippen molar-refractivity contribution >= 4 is 5.69 Å². The van der Waals surface area contributed by atoms with E-state index in [0.717, 1.165) is 11.3 Å². The fraction of sp³-hybridized carbons (Fsp3) is 0.267. The Bertz CT molecular complexity index is 671. The number of aryl methyl sites for hydroxylation is 1. The molecular formula is C15H17N3O3. The number of nitrogens with one attached hydrogen (secondary N) is 1. The van der Waals surface area contributed by atoms with Crippen LogP contribution in [-0.2, 0) is 13.1 Å². The van der Waals surface area contributed by atoms with Crippen LogP contribution in [0, 0.1) is 24.0 Å². The quantitative estimate of drug-likeness (QED) is 0.652. The summed E-state index contributed by atoms with van der Waals surface area (Å²) in [7, 11) is 0. The van der Waals surface area contributed by atoms with Gasteiger partial charge in [0.25, 0.3) is 5.69 Å². The van der Waals surface area contributed by atoms with Crippen LogP contribution in [0.2, 0.25) is 0 Å². The molecule has 0 aliphatic heterocycles. The molecule has 2 aromatic rings. The number of rotatable bonds is 5. The zero-order chi connectivity index (χ0) is 15.4. The Hall–Kier alpha value is -2.47. The number of pyridine rings is 1. The molecule has 6 nitrogen and oxygen atoms in total. The van der Waals surface area contributed by atoms with E-state index in [1.54, 1.807) is 25.1 Å². The molecule has 0 saturated heterocycles. The summed E-state index contributed by atoms with van der Waals surface area (Å²) in [5, 5.41) is 23.8. The smallest absolute Gasteiger partial charge is 0.272 e. The third-order valence-electron chi connectivity index (χ3n) is 3.31. The van der Waals surface area contributed by atoms with Gasteiger partial charge >= 0.3 is 0 Å². The summed E-state index contributed by atoms with van der Waals surface area (Å²) in [6.07, 6.45) is 0. The second-order valence-corrected chi connectivity index (χ2v) is 4.84. The van der Waals surface area contributed by atoms with Crippen molar-refractivity contribution in [3.63, 3.8) is 0 Å². The van der Waals surface area contributed by atoms with E-state index >= 15 is 0 Å². The molecule has 2 N–H and O–H groups in total. The molecule has 0 bridgehead atoms. The predicted molar refractivity (Wildman–Crippen MR) is 79.0 cm³/mol. The summed E-state index contributed by atoms with van der Waals surface area (Å²) in [5.74, 6) is 0.142. The van der Waals surface area contributed by atoms with Gasteiger partial charge in [-0.2, -0.15) is 0 Å². The monoisotopic (exact) mass is 287 g/mol. The van der Waals surface area contributed by atoms with Crippen molar-refractivity contribution in [2.24, 2.45) is 0 Å². The van der Waals surface area contributed by atoms with Gasteiger partial charge in [-0.05, 0) is 31.5 Å². The van der Waals surface area contributed by atoms with Gasteiger partial charge in [0.15, 0.2) is 0 Å². The van der Waals surface area contributed by atoms with Crippen LogP contribution in [0.3, 0.4) is 0 Å². The Balaban J connectivity index is 2.05. The average molecular weight is 287 g/mol. The van der Waals surface area contributed by atoms with Crippen LogP contribution in [0.1, 0.15) is 22.5 Å². The highest BCUT2D eigenvalue weighted by Crippen LogP contribution is 2.21. The summed E-state index contributed by atoms with van der Waals surface area (Å²) in [5.41, 5.74) is 3.02. The van der Waals surface area contributed by atoms with Crippen LogP contribution in [0.5, 0.6) is 5.75 Å². The molecule has 0 spiro atoms. The summed E-state index contributed by atoms with van der Waals surface area (Å²) in [4.78, 5) is 14.8. The first kappa shape index (κ1) is 14.9. The Morgan fingerprint density at radius 1 is 1.24 bits per heavy atom. The first-order valence-electron chi connectivity index (χ1n) is 6.58. The van der Waals surface area contributed by atoms with Gasteiger partial charge < -0.3 is 10.4 Å². The van der Waals surface area contributed by atoms with Crippen molar-refractivity contribution in [3.8, 4) is 5.75 Å². The first-order valence-corrected chi connectivity index (χ1v) is 6.58. The van der Waals surface area contributed by atoms with Gasteiger partial charge in [-0.25, -0.2) is 0 Å². The number of nitro groups is 1. The molecule has 0 atom stereocenters. The van der Waals surface area contributed by atoms with E-state index in [1.807, 2.05) is 13.0 Å². The maximum Gasteiger partial charge on any atom is 0.272 e. The number of benzene rings is 1. The molecule has 1 aromatic heterocycles. The Labute approximate surface area is 122 Å². The van der Waals surface area contributed by atoms with Crippen molar-refractivity contribution in [2.45, 2.75) is 26.9 Å².